The first-order chi connectivity index (χ1) is 7.58. The second-order valence-corrected chi connectivity index (χ2v) is 4.02. The van der Waals surface area contributed by atoms with Crippen LogP contribution in [0, 0.1) is 5.92 Å². The van der Waals surface area contributed by atoms with E-state index in [9.17, 15) is 4.79 Å². The van der Waals surface area contributed by atoms with Crippen molar-refractivity contribution in [3.8, 4) is 0 Å². The molecule has 0 radical (unpaired) electrons. The molecule has 5 heteroatoms. The van der Waals surface area contributed by atoms with Gasteiger partial charge in [-0.25, -0.2) is 4.98 Å². The average molecular weight is 222 g/mol. The molecule has 0 bridgehead atoms. The number of pyridine rings is 1. The summed E-state index contributed by atoms with van der Waals surface area (Å²) >= 11 is 0. The number of hydrogen-bond acceptors (Lipinski definition) is 4. The van der Waals surface area contributed by atoms with Gasteiger partial charge in [0.2, 0.25) is 5.91 Å². The van der Waals surface area contributed by atoms with Crippen LogP contribution in [0.15, 0.2) is 18.3 Å². The lowest BCUT2D eigenvalue weighted by molar-refractivity contribution is -0.119. The molecule has 1 aromatic rings. The smallest absolute Gasteiger partial charge is 0.239 e. The Labute approximate surface area is 95.4 Å². The van der Waals surface area contributed by atoms with Gasteiger partial charge in [-0.05, 0) is 12.0 Å². The van der Waals surface area contributed by atoms with Crippen molar-refractivity contribution in [1.82, 2.24) is 10.3 Å². The van der Waals surface area contributed by atoms with Gasteiger partial charge in [-0.1, -0.05) is 13.8 Å². The molecule has 0 aliphatic heterocycles. The molecule has 16 heavy (non-hydrogen) atoms. The Morgan fingerprint density at radius 1 is 1.56 bits per heavy atom. The first kappa shape index (κ1) is 12.3. The van der Waals surface area contributed by atoms with Crippen molar-refractivity contribution in [2.75, 3.05) is 24.1 Å². The fourth-order valence-corrected chi connectivity index (χ4v) is 1.12. The maximum Gasteiger partial charge on any atom is 0.239 e. The molecule has 0 aromatic carbocycles. The van der Waals surface area contributed by atoms with Crippen LogP contribution in [0.2, 0.25) is 0 Å². The number of nitrogens with zero attached hydrogens (tertiary/aromatic N) is 1. The zero-order valence-corrected chi connectivity index (χ0v) is 9.66. The number of nitrogens with two attached hydrogens (primary N) is 1. The lowest BCUT2D eigenvalue weighted by Gasteiger charge is -2.09. The molecular weight excluding hydrogens is 204 g/mol. The molecule has 0 fully saturated rings. The first-order valence-electron chi connectivity index (χ1n) is 5.30. The molecule has 0 aliphatic carbocycles. The average Bonchev–Trinajstić information content (AvgIpc) is 2.23. The summed E-state index contributed by atoms with van der Waals surface area (Å²) in [7, 11) is 0. The van der Waals surface area contributed by atoms with Crippen LogP contribution < -0.4 is 16.4 Å². The second-order valence-electron chi connectivity index (χ2n) is 4.02. The number of nitrogen functional groups attached to an aromatic ring is 1. The molecular formula is C11H18N4O. The molecule has 1 rings (SSSR count). The third-order valence-electron chi connectivity index (χ3n) is 1.94. The van der Waals surface area contributed by atoms with E-state index in [0.29, 0.717) is 18.3 Å². The van der Waals surface area contributed by atoms with Crippen LogP contribution in [-0.4, -0.2) is 24.0 Å². The number of nitrogens with one attached hydrogen (secondary N) is 2. The molecule has 5 nitrogen and oxygen atoms in total. The molecule has 1 heterocycles. The summed E-state index contributed by atoms with van der Waals surface area (Å²) < 4.78 is 0. The SMILES string of the molecule is CC(C)CNC(=O)CNc1ccnc(N)c1. The van der Waals surface area contributed by atoms with Gasteiger partial charge in [-0.3, -0.25) is 4.79 Å². The van der Waals surface area contributed by atoms with Gasteiger partial charge in [0.05, 0.1) is 6.54 Å². The fraction of sp³-hybridized carbons (Fsp3) is 0.455. The molecule has 1 amide bonds. The van der Waals surface area contributed by atoms with Gasteiger partial charge in [-0.15, -0.1) is 0 Å². The van der Waals surface area contributed by atoms with Gasteiger partial charge >= 0.3 is 0 Å². The Balaban J connectivity index is 2.31. The molecule has 0 atom stereocenters. The van der Waals surface area contributed by atoms with E-state index in [1.807, 2.05) is 0 Å². The van der Waals surface area contributed by atoms with Gasteiger partial charge in [0.25, 0.3) is 0 Å². The molecule has 88 valence electrons. The quantitative estimate of drug-likeness (QED) is 0.690. The summed E-state index contributed by atoms with van der Waals surface area (Å²) in [6.07, 6.45) is 1.60. The lowest BCUT2D eigenvalue weighted by Crippen LogP contribution is -2.32. The van der Waals surface area contributed by atoms with E-state index in [-0.39, 0.29) is 12.5 Å². The van der Waals surface area contributed by atoms with E-state index in [2.05, 4.69) is 29.5 Å². The summed E-state index contributed by atoms with van der Waals surface area (Å²) in [6.45, 7) is 5.05. The zero-order chi connectivity index (χ0) is 12.0. The molecule has 0 saturated carbocycles. The highest BCUT2D eigenvalue weighted by atomic mass is 16.1. The number of carbonyl (C=O) groups excluding carboxylic acids is 1. The number of amides is 1. The summed E-state index contributed by atoms with van der Waals surface area (Å²) in [5, 5.41) is 5.80. The predicted octanol–water partition coefficient (Wildman–Crippen LogP) is 0.848. The number of aromatic nitrogens is 1. The number of rotatable bonds is 5. The van der Waals surface area contributed by atoms with Crippen molar-refractivity contribution in [3.05, 3.63) is 18.3 Å². The Bertz CT molecular complexity index is 352. The summed E-state index contributed by atoms with van der Waals surface area (Å²) in [4.78, 5) is 15.2. The van der Waals surface area contributed by atoms with Gasteiger partial charge < -0.3 is 16.4 Å². The number of anilines is 2. The van der Waals surface area contributed by atoms with Crippen LogP contribution in [0.25, 0.3) is 0 Å². The first-order valence-corrected chi connectivity index (χ1v) is 5.30. The number of hydrogen-bond donors (Lipinski definition) is 3. The van der Waals surface area contributed by atoms with Gasteiger partial charge in [0.15, 0.2) is 0 Å². The van der Waals surface area contributed by atoms with Crippen molar-refractivity contribution in [2.45, 2.75) is 13.8 Å². The van der Waals surface area contributed by atoms with Crippen LogP contribution in [-0.2, 0) is 4.79 Å². The predicted molar refractivity (Wildman–Crippen MR) is 65.0 cm³/mol. The summed E-state index contributed by atoms with van der Waals surface area (Å²) in [5.74, 6) is 0.872. The second kappa shape index (κ2) is 5.95. The van der Waals surface area contributed by atoms with Crippen molar-refractivity contribution < 1.29 is 4.79 Å². The molecule has 0 spiro atoms. The molecule has 0 aliphatic rings. The summed E-state index contributed by atoms with van der Waals surface area (Å²) in [6, 6.07) is 3.46. The molecule has 0 saturated heterocycles. The van der Waals surface area contributed by atoms with E-state index in [1.165, 1.54) is 0 Å². The van der Waals surface area contributed by atoms with Crippen LogP contribution >= 0.6 is 0 Å². The topological polar surface area (TPSA) is 80.0 Å². The van der Waals surface area contributed by atoms with E-state index in [1.54, 1.807) is 18.3 Å². The maximum atomic E-state index is 11.4. The van der Waals surface area contributed by atoms with Crippen LogP contribution in [0.4, 0.5) is 11.5 Å². The third-order valence-corrected chi connectivity index (χ3v) is 1.94. The van der Waals surface area contributed by atoms with Gasteiger partial charge in [0, 0.05) is 24.5 Å². The zero-order valence-electron chi connectivity index (χ0n) is 9.66. The Morgan fingerprint density at radius 3 is 2.94 bits per heavy atom. The van der Waals surface area contributed by atoms with Crippen molar-refractivity contribution in [3.63, 3.8) is 0 Å². The molecule has 1 aromatic heterocycles. The standard InChI is InChI=1S/C11H18N4O/c1-8(2)6-15-11(16)7-14-9-3-4-13-10(12)5-9/h3-5,8H,6-7H2,1-2H3,(H,15,16)(H3,12,13,14). The normalized spacial score (nSPS) is 10.2. The fourth-order valence-electron chi connectivity index (χ4n) is 1.12. The Hall–Kier alpha value is -1.78. The van der Waals surface area contributed by atoms with Crippen LogP contribution in [0.5, 0.6) is 0 Å². The minimum atomic E-state index is -0.0240. The Morgan fingerprint density at radius 2 is 2.31 bits per heavy atom. The third kappa shape index (κ3) is 4.63. The van der Waals surface area contributed by atoms with Crippen LogP contribution in [0.1, 0.15) is 13.8 Å². The van der Waals surface area contributed by atoms with Crippen molar-refractivity contribution >= 4 is 17.4 Å². The Kier molecular flexibility index (Phi) is 4.57. The van der Waals surface area contributed by atoms with Crippen molar-refractivity contribution in [1.29, 1.82) is 0 Å². The monoisotopic (exact) mass is 222 g/mol. The minimum absolute atomic E-state index is 0.0240. The van der Waals surface area contributed by atoms with Crippen molar-refractivity contribution in [2.24, 2.45) is 5.92 Å². The van der Waals surface area contributed by atoms with Crippen LogP contribution in [0.3, 0.4) is 0 Å². The minimum Gasteiger partial charge on any atom is -0.384 e. The largest absolute Gasteiger partial charge is 0.384 e. The molecule has 4 N–H and O–H groups in total. The summed E-state index contributed by atoms with van der Waals surface area (Å²) in [5.41, 5.74) is 6.31. The van der Waals surface area contributed by atoms with E-state index >= 15 is 0 Å². The van der Waals surface area contributed by atoms with E-state index in [0.717, 1.165) is 5.69 Å². The van der Waals surface area contributed by atoms with E-state index in [4.69, 9.17) is 5.73 Å². The number of carbonyl (C=O) groups is 1. The van der Waals surface area contributed by atoms with Gasteiger partial charge in [0.1, 0.15) is 5.82 Å². The maximum absolute atomic E-state index is 11.4. The highest BCUT2D eigenvalue weighted by Crippen LogP contribution is 2.07. The molecule has 0 unspecified atom stereocenters. The van der Waals surface area contributed by atoms with Gasteiger partial charge in [-0.2, -0.15) is 0 Å². The van der Waals surface area contributed by atoms with E-state index < -0.39 is 0 Å². The lowest BCUT2D eigenvalue weighted by atomic mass is 10.2. The highest BCUT2D eigenvalue weighted by molar-refractivity contribution is 5.80. The highest BCUT2D eigenvalue weighted by Gasteiger charge is 2.02.